The summed E-state index contributed by atoms with van der Waals surface area (Å²) >= 11 is 0. The monoisotopic (exact) mass is 205 g/mol. The molecule has 2 heteroatoms. The Balaban J connectivity index is 2.07. The van der Waals surface area contributed by atoms with E-state index in [0.29, 0.717) is 0 Å². The zero-order chi connectivity index (χ0) is 11.1. The van der Waals surface area contributed by atoms with Gasteiger partial charge in [-0.3, -0.25) is 0 Å². The predicted molar refractivity (Wildman–Crippen MR) is 66.2 cm³/mol. The topological polar surface area (TPSA) is 12.0 Å². The molecule has 0 aromatic carbocycles. The van der Waals surface area contributed by atoms with Crippen LogP contribution < -0.4 is 5.32 Å². The number of nitrogens with one attached hydrogen (secondary N) is 1. The Morgan fingerprint density at radius 3 is 2.60 bits per heavy atom. The van der Waals surface area contributed by atoms with Gasteiger partial charge in [0, 0.05) is 0 Å². The highest BCUT2D eigenvalue weighted by Crippen LogP contribution is 2.56. The number of fused-ring (bicyclic) bond motifs is 1. The molecule has 0 bridgehead atoms. The molecule has 2 fully saturated rings. The van der Waals surface area contributed by atoms with Crippen molar-refractivity contribution >= 4 is 7.85 Å². The van der Waals surface area contributed by atoms with Crippen LogP contribution in [0.25, 0.3) is 0 Å². The molecule has 1 aliphatic heterocycles. The number of hydrogen-bond donors (Lipinski definition) is 1. The van der Waals surface area contributed by atoms with E-state index in [2.05, 4.69) is 26.1 Å². The van der Waals surface area contributed by atoms with Crippen molar-refractivity contribution in [2.45, 2.75) is 51.8 Å². The molecule has 1 N–H and O–H groups in total. The van der Waals surface area contributed by atoms with Gasteiger partial charge in [0.15, 0.2) is 0 Å². The van der Waals surface area contributed by atoms with Gasteiger partial charge in [0.2, 0.25) is 0 Å². The van der Waals surface area contributed by atoms with Crippen LogP contribution in [0.1, 0.15) is 46.5 Å². The number of hydrogen-bond acceptors (Lipinski definition) is 1. The molecule has 0 amide bonds. The molecule has 1 nitrogen and oxygen atoms in total. The third kappa shape index (κ3) is 2.11. The van der Waals surface area contributed by atoms with Crippen molar-refractivity contribution in [3.63, 3.8) is 0 Å². The first-order chi connectivity index (χ1) is 6.92. The molecule has 0 aromatic rings. The molecule has 0 aromatic heterocycles. The largest absolute Gasteiger partial charge is 0.316 e. The molecule has 2 radical (unpaired) electrons. The van der Waals surface area contributed by atoms with Gasteiger partial charge in [0.1, 0.15) is 0 Å². The summed E-state index contributed by atoms with van der Waals surface area (Å²) in [5.74, 6) is 1.78. The van der Waals surface area contributed by atoms with E-state index in [1.165, 1.54) is 38.8 Å². The zero-order valence-corrected chi connectivity index (χ0v) is 10.5. The van der Waals surface area contributed by atoms with Crippen molar-refractivity contribution in [2.75, 3.05) is 13.1 Å². The third-order valence-electron chi connectivity index (χ3n) is 4.85. The van der Waals surface area contributed by atoms with Gasteiger partial charge in [-0.1, -0.05) is 38.9 Å². The van der Waals surface area contributed by atoms with E-state index < -0.39 is 0 Å². The van der Waals surface area contributed by atoms with Crippen LogP contribution in [0.4, 0.5) is 0 Å². The first kappa shape index (κ1) is 11.5. The highest BCUT2D eigenvalue weighted by Gasteiger charge is 2.44. The van der Waals surface area contributed by atoms with Crippen LogP contribution in [-0.4, -0.2) is 20.9 Å². The molecular weight excluding hydrogens is 181 g/mol. The number of rotatable bonds is 0. The lowest BCUT2D eigenvalue weighted by molar-refractivity contribution is 0.0928. The summed E-state index contributed by atoms with van der Waals surface area (Å²) in [6.45, 7) is 9.32. The fraction of sp³-hybridized carbons (Fsp3) is 1.00. The second-order valence-electron chi connectivity index (χ2n) is 6.66. The maximum atomic E-state index is 6.62. The highest BCUT2D eigenvalue weighted by atomic mass is 14.9. The summed E-state index contributed by atoms with van der Waals surface area (Å²) in [7, 11) is 6.62. The molecule has 84 valence electrons. The smallest absolute Gasteiger partial charge is 0.0753 e. The second kappa shape index (κ2) is 3.80. The third-order valence-corrected chi connectivity index (χ3v) is 4.85. The average molecular weight is 205 g/mol. The van der Waals surface area contributed by atoms with Gasteiger partial charge in [-0.15, -0.1) is 0 Å². The Bertz CT molecular complexity index is 233. The van der Waals surface area contributed by atoms with Crippen molar-refractivity contribution in [1.29, 1.82) is 0 Å². The highest BCUT2D eigenvalue weighted by molar-refractivity contribution is 6.15. The fourth-order valence-corrected chi connectivity index (χ4v) is 3.28. The molecule has 15 heavy (non-hydrogen) atoms. The van der Waals surface area contributed by atoms with Gasteiger partial charge in [-0.05, 0) is 43.2 Å². The van der Waals surface area contributed by atoms with Crippen molar-refractivity contribution in [2.24, 2.45) is 17.3 Å². The summed E-state index contributed by atoms with van der Waals surface area (Å²) in [5.41, 5.74) is 0.253. The summed E-state index contributed by atoms with van der Waals surface area (Å²) < 4.78 is 0. The van der Waals surface area contributed by atoms with Crippen LogP contribution in [0.2, 0.25) is 5.31 Å². The standard InChI is InChI=1S/C13H24BN/c1-12(2,3)13(14)6-4-11-9-15-7-5-10(11)8-13/h10-11,15H,4-9H2,1-3H3. The molecule has 1 heterocycles. The Labute approximate surface area is 95.8 Å². The first-order valence-corrected chi connectivity index (χ1v) is 6.42. The zero-order valence-electron chi connectivity index (χ0n) is 10.5. The van der Waals surface area contributed by atoms with Gasteiger partial charge in [-0.2, -0.15) is 0 Å². The van der Waals surface area contributed by atoms with E-state index in [-0.39, 0.29) is 10.7 Å². The van der Waals surface area contributed by atoms with E-state index in [9.17, 15) is 0 Å². The van der Waals surface area contributed by atoms with Gasteiger partial charge in [0.25, 0.3) is 0 Å². The van der Waals surface area contributed by atoms with Gasteiger partial charge >= 0.3 is 0 Å². The Morgan fingerprint density at radius 1 is 1.20 bits per heavy atom. The summed E-state index contributed by atoms with van der Waals surface area (Å²) in [5, 5.41) is 3.58. The van der Waals surface area contributed by atoms with E-state index >= 15 is 0 Å². The summed E-state index contributed by atoms with van der Waals surface area (Å²) in [6, 6.07) is 0. The fourth-order valence-electron chi connectivity index (χ4n) is 3.28. The van der Waals surface area contributed by atoms with Crippen LogP contribution in [0.3, 0.4) is 0 Å². The lowest BCUT2D eigenvalue weighted by Crippen LogP contribution is -2.44. The molecule has 3 atom stereocenters. The lowest BCUT2D eigenvalue weighted by atomic mass is 9.45. The van der Waals surface area contributed by atoms with E-state index in [0.717, 1.165) is 11.8 Å². The Morgan fingerprint density at radius 2 is 1.93 bits per heavy atom. The van der Waals surface area contributed by atoms with Gasteiger partial charge in [-0.25, -0.2) is 0 Å². The van der Waals surface area contributed by atoms with E-state index in [4.69, 9.17) is 7.85 Å². The second-order valence-corrected chi connectivity index (χ2v) is 6.66. The Hall–Kier alpha value is 0.0249. The molecule has 2 rings (SSSR count). The van der Waals surface area contributed by atoms with Crippen LogP contribution >= 0.6 is 0 Å². The van der Waals surface area contributed by atoms with Gasteiger partial charge in [0.05, 0.1) is 7.85 Å². The van der Waals surface area contributed by atoms with Crippen molar-refractivity contribution < 1.29 is 0 Å². The quantitative estimate of drug-likeness (QED) is 0.599. The molecule has 1 aliphatic carbocycles. The van der Waals surface area contributed by atoms with E-state index in [1.54, 1.807) is 0 Å². The SMILES string of the molecule is [B]C1(C(C)(C)C)CCC2CNCCC2C1. The van der Waals surface area contributed by atoms with Crippen molar-refractivity contribution in [3.05, 3.63) is 0 Å². The number of piperidine rings is 1. The van der Waals surface area contributed by atoms with Gasteiger partial charge < -0.3 is 5.32 Å². The van der Waals surface area contributed by atoms with Crippen LogP contribution in [0, 0.1) is 17.3 Å². The summed E-state index contributed by atoms with van der Waals surface area (Å²) in [4.78, 5) is 0. The average Bonchev–Trinajstić information content (AvgIpc) is 2.16. The van der Waals surface area contributed by atoms with Crippen LogP contribution in [-0.2, 0) is 0 Å². The van der Waals surface area contributed by atoms with Crippen molar-refractivity contribution in [3.8, 4) is 0 Å². The molecule has 1 saturated carbocycles. The molecule has 1 saturated heterocycles. The van der Waals surface area contributed by atoms with Crippen molar-refractivity contribution in [1.82, 2.24) is 5.32 Å². The molecule has 3 unspecified atom stereocenters. The molecular formula is C13H24BN. The Kier molecular flexibility index (Phi) is 2.91. The van der Waals surface area contributed by atoms with Crippen LogP contribution in [0.15, 0.2) is 0 Å². The normalized spacial score (nSPS) is 42.3. The van der Waals surface area contributed by atoms with Crippen LogP contribution in [0.5, 0.6) is 0 Å². The maximum Gasteiger partial charge on any atom is 0.0753 e. The lowest BCUT2D eigenvalue weighted by Gasteiger charge is -2.52. The summed E-state index contributed by atoms with van der Waals surface area (Å²) in [6.07, 6.45) is 5.10. The maximum absolute atomic E-state index is 6.62. The molecule has 0 spiro atoms. The first-order valence-electron chi connectivity index (χ1n) is 6.42. The minimum Gasteiger partial charge on any atom is -0.316 e. The minimum absolute atomic E-state index is 0.0749. The van der Waals surface area contributed by atoms with E-state index in [1.807, 2.05) is 0 Å². The minimum atomic E-state index is 0.0749. The molecule has 2 aliphatic rings. The predicted octanol–water partition coefficient (Wildman–Crippen LogP) is 2.77.